The van der Waals surface area contributed by atoms with Crippen molar-refractivity contribution < 1.29 is 19.1 Å². The van der Waals surface area contributed by atoms with Gasteiger partial charge >= 0.3 is 12.1 Å². The molecule has 2 saturated carbocycles. The molecule has 2 fully saturated rings. The molecule has 0 saturated heterocycles. The van der Waals surface area contributed by atoms with Gasteiger partial charge in [-0.05, 0) is 57.8 Å². The van der Waals surface area contributed by atoms with Gasteiger partial charge in [-0.15, -0.1) is 0 Å². The molecule has 2 aliphatic carbocycles. The van der Waals surface area contributed by atoms with E-state index in [1.165, 1.54) is 13.5 Å². The van der Waals surface area contributed by atoms with Crippen molar-refractivity contribution in [2.45, 2.75) is 51.7 Å². The molecule has 0 unspecified atom stereocenters. The second-order valence-electron chi connectivity index (χ2n) is 6.63. The van der Waals surface area contributed by atoms with E-state index >= 15 is 0 Å². The molecule has 1 N–H and O–H groups in total. The number of alkyl carbamates (subject to hydrolysis) is 1. The maximum absolute atomic E-state index is 11.8. The van der Waals surface area contributed by atoms with E-state index in [9.17, 15) is 9.59 Å². The number of carbonyl (C=O) groups is 2. The van der Waals surface area contributed by atoms with Crippen LogP contribution in [0.15, 0.2) is 0 Å². The van der Waals surface area contributed by atoms with Crippen molar-refractivity contribution in [2.75, 3.05) is 7.11 Å². The summed E-state index contributed by atoms with van der Waals surface area (Å²) in [6, 6.07) is -0.576. The van der Waals surface area contributed by atoms with E-state index in [0.717, 1.165) is 24.7 Å². The van der Waals surface area contributed by atoms with E-state index in [0.29, 0.717) is 0 Å². The van der Waals surface area contributed by atoms with E-state index in [2.05, 4.69) is 5.32 Å². The Balaban J connectivity index is 1.94. The number of hydrogen-bond acceptors (Lipinski definition) is 4. The minimum absolute atomic E-state index is 0.184. The molecule has 0 aromatic heterocycles. The quantitative estimate of drug-likeness (QED) is 0.797. The van der Waals surface area contributed by atoms with Gasteiger partial charge in [-0.2, -0.15) is 0 Å². The zero-order valence-electron chi connectivity index (χ0n) is 12.1. The molecule has 5 nitrogen and oxygen atoms in total. The SMILES string of the molecule is COC(=O)[C@@H](NC(=O)OC(C)(C)C)[C@@H]1C[C@H]2C[C@H]2C1. The zero-order chi connectivity index (χ0) is 14.2. The van der Waals surface area contributed by atoms with Gasteiger partial charge in [0.25, 0.3) is 0 Å². The molecule has 0 aliphatic heterocycles. The number of nitrogens with one attached hydrogen (secondary N) is 1. The molecule has 5 heteroatoms. The van der Waals surface area contributed by atoms with Crippen molar-refractivity contribution in [2.24, 2.45) is 17.8 Å². The predicted octanol–water partition coefficient (Wildman–Crippen LogP) is 2.10. The number of fused-ring (bicyclic) bond motifs is 1. The summed E-state index contributed by atoms with van der Waals surface area (Å²) in [4.78, 5) is 23.6. The zero-order valence-corrected chi connectivity index (χ0v) is 12.1. The van der Waals surface area contributed by atoms with Crippen molar-refractivity contribution in [3.63, 3.8) is 0 Å². The summed E-state index contributed by atoms with van der Waals surface area (Å²) < 4.78 is 10.00. The van der Waals surface area contributed by atoms with Crippen LogP contribution in [0.1, 0.15) is 40.0 Å². The summed E-state index contributed by atoms with van der Waals surface area (Å²) in [5.41, 5.74) is -0.567. The highest BCUT2D eigenvalue weighted by atomic mass is 16.6. The third kappa shape index (κ3) is 3.61. The molecule has 19 heavy (non-hydrogen) atoms. The Labute approximate surface area is 114 Å². The molecule has 2 rings (SSSR count). The summed E-state index contributed by atoms with van der Waals surface area (Å²) in [7, 11) is 1.35. The Morgan fingerprint density at radius 1 is 1.16 bits per heavy atom. The van der Waals surface area contributed by atoms with Crippen LogP contribution in [0.3, 0.4) is 0 Å². The van der Waals surface area contributed by atoms with Gasteiger partial charge in [-0.1, -0.05) is 0 Å². The second kappa shape index (κ2) is 5.02. The molecule has 108 valence electrons. The van der Waals surface area contributed by atoms with Crippen LogP contribution in [0.5, 0.6) is 0 Å². The molecule has 0 radical (unpaired) electrons. The number of hydrogen-bond donors (Lipinski definition) is 1. The highest BCUT2D eigenvalue weighted by Gasteiger charge is 2.50. The summed E-state index contributed by atoms with van der Waals surface area (Å²) >= 11 is 0. The number of esters is 1. The summed E-state index contributed by atoms with van der Waals surface area (Å²) in [6.07, 6.45) is 2.72. The molecule has 0 aromatic carbocycles. The Hall–Kier alpha value is -1.26. The number of methoxy groups -OCH3 is 1. The summed E-state index contributed by atoms with van der Waals surface area (Å²) in [6.45, 7) is 5.39. The van der Waals surface area contributed by atoms with Gasteiger partial charge in [0.05, 0.1) is 7.11 Å². The van der Waals surface area contributed by atoms with Crippen molar-refractivity contribution in [3.8, 4) is 0 Å². The minimum Gasteiger partial charge on any atom is -0.467 e. The lowest BCUT2D eigenvalue weighted by Crippen LogP contribution is -2.48. The molecule has 0 aromatic rings. The van der Waals surface area contributed by atoms with Crippen LogP contribution >= 0.6 is 0 Å². The van der Waals surface area contributed by atoms with Crippen LogP contribution in [0.4, 0.5) is 4.79 Å². The lowest BCUT2D eigenvalue weighted by atomic mass is 9.94. The van der Waals surface area contributed by atoms with Crippen LogP contribution in [0.2, 0.25) is 0 Å². The topological polar surface area (TPSA) is 64.6 Å². The van der Waals surface area contributed by atoms with E-state index in [4.69, 9.17) is 9.47 Å². The second-order valence-corrected chi connectivity index (χ2v) is 6.63. The fraction of sp³-hybridized carbons (Fsp3) is 0.857. The standard InChI is InChI=1S/C14H23NO4/c1-14(2,3)19-13(17)15-11(12(16)18-4)10-6-8-5-9(8)7-10/h8-11H,5-7H2,1-4H3,(H,15,17)/t8-,9+,10-,11-/m0/s1. The van der Waals surface area contributed by atoms with Crippen LogP contribution in [0.25, 0.3) is 0 Å². The van der Waals surface area contributed by atoms with E-state index in [1.54, 1.807) is 20.8 Å². The molecule has 2 aliphatic rings. The molecule has 0 heterocycles. The Morgan fingerprint density at radius 2 is 1.74 bits per heavy atom. The number of carbonyl (C=O) groups excluding carboxylic acids is 2. The number of amides is 1. The first-order valence-corrected chi connectivity index (χ1v) is 6.87. The lowest BCUT2D eigenvalue weighted by molar-refractivity contribution is -0.144. The van der Waals surface area contributed by atoms with Gasteiger partial charge in [0.1, 0.15) is 11.6 Å². The minimum atomic E-state index is -0.576. The fourth-order valence-electron chi connectivity index (χ4n) is 2.96. The maximum atomic E-state index is 11.8. The van der Waals surface area contributed by atoms with Gasteiger partial charge in [0, 0.05) is 0 Å². The maximum Gasteiger partial charge on any atom is 0.408 e. The molecule has 0 bridgehead atoms. The molecular formula is C14H23NO4. The Morgan fingerprint density at radius 3 is 2.21 bits per heavy atom. The van der Waals surface area contributed by atoms with Crippen LogP contribution in [0, 0.1) is 17.8 Å². The Bertz CT molecular complexity index is 364. The average Bonchev–Trinajstić information content (AvgIpc) is 2.90. The first-order valence-electron chi connectivity index (χ1n) is 6.87. The van der Waals surface area contributed by atoms with E-state index in [-0.39, 0.29) is 11.9 Å². The van der Waals surface area contributed by atoms with Crippen LogP contribution in [-0.2, 0) is 14.3 Å². The normalized spacial score (nSPS) is 30.2. The predicted molar refractivity (Wildman–Crippen MR) is 69.5 cm³/mol. The van der Waals surface area contributed by atoms with Gasteiger partial charge in [-0.3, -0.25) is 0 Å². The Kier molecular flexibility index (Phi) is 3.74. The van der Waals surface area contributed by atoms with Crippen molar-refractivity contribution in [1.29, 1.82) is 0 Å². The van der Waals surface area contributed by atoms with Crippen molar-refractivity contribution in [3.05, 3.63) is 0 Å². The van der Waals surface area contributed by atoms with Crippen molar-refractivity contribution in [1.82, 2.24) is 5.32 Å². The largest absolute Gasteiger partial charge is 0.467 e. The molecule has 0 spiro atoms. The molecular weight excluding hydrogens is 246 g/mol. The highest BCUT2D eigenvalue weighted by Crippen LogP contribution is 2.55. The number of ether oxygens (including phenoxy) is 2. The third-order valence-electron chi connectivity index (χ3n) is 3.88. The first kappa shape index (κ1) is 14.2. The van der Waals surface area contributed by atoms with E-state index < -0.39 is 17.7 Å². The summed E-state index contributed by atoms with van der Waals surface area (Å²) in [5.74, 6) is 1.30. The van der Waals surface area contributed by atoms with E-state index in [1.807, 2.05) is 0 Å². The smallest absolute Gasteiger partial charge is 0.408 e. The average molecular weight is 269 g/mol. The van der Waals surface area contributed by atoms with Crippen LogP contribution in [-0.4, -0.2) is 30.8 Å². The molecule has 1 amide bonds. The third-order valence-corrected chi connectivity index (χ3v) is 3.88. The number of rotatable bonds is 3. The van der Waals surface area contributed by atoms with Gasteiger partial charge in [-0.25, -0.2) is 9.59 Å². The summed E-state index contributed by atoms with van der Waals surface area (Å²) in [5, 5.41) is 2.67. The van der Waals surface area contributed by atoms with Crippen LogP contribution < -0.4 is 5.32 Å². The molecule has 4 atom stereocenters. The van der Waals surface area contributed by atoms with Gasteiger partial charge in [0.2, 0.25) is 0 Å². The monoisotopic (exact) mass is 269 g/mol. The van der Waals surface area contributed by atoms with Gasteiger partial charge < -0.3 is 14.8 Å². The van der Waals surface area contributed by atoms with Crippen molar-refractivity contribution >= 4 is 12.1 Å². The first-order chi connectivity index (χ1) is 8.80. The lowest BCUT2D eigenvalue weighted by Gasteiger charge is -2.26. The highest BCUT2D eigenvalue weighted by molar-refractivity contribution is 5.81. The van der Waals surface area contributed by atoms with Gasteiger partial charge in [0.15, 0.2) is 0 Å². The fourth-order valence-corrected chi connectivity index (χ4v) is 2.96.